The second-order valence-corrected chi connectivity index (χ2v) is 2.28. The SMILES string of the molecule is Cn1cc(CI)nn1. The van der Waals surface area contributed by atoms with E-state index in [2.05, 4.69) is 32.9 Å². The molecule has 0 bridgehead atoms. The summed E-state index contributed by atoms with van der Waals surface area (Å²) in [6.45, 7) is 0. The molecule has 0 atom stereocenters. The van der Waals surface area contributed by atoms with E-state index in [1.54, 1.807) is 4.68 Å². The van der Waals surface area contributed by atoms with Gasteiger partial charge >= 0.3 is 0 Å². The van der Waals surface area contributed by atoms with Gasteiger partial charge in [0.1, 0.15) is 0 Å². The first-order valence-electron chi connectivity index (χ1n) is 2.24. The maximum atomic E-state index is 3.84. The molecule has 1 aromatic rings. The van der Waals surface area contributed by atoms with Crippen LogP contribution >= 0.6 is 22.6 Å². The zero-order valence-electron chi connectivity index (χ0n) is 4.50. The highest BCUT2D eigenvalue weighted by Crippen LogP contribution is 1.97. The van der Waals surface area contributed by atoms with E-state index in [-0.39, 0.29) is 0 Å². The third-order valence-electron chi connectivity index (χ3n) is 0.787. The fourth-order valence-corrected chi connectivity index (χ4v) is 0.806. The maximum Gasteiger partial charge on any atom is 0.0924 e. The third kappa shape index (κ3) is 1.18. The number of nitrogens with zero attached hydrogens (tertiary/aromatic N) is 3. The molecule has 0 aliphatic rings. The molecule has 44 valence electrons. The fourth-order valence-electron chi connectivity index (χ4n) is 0.457. The van der Waals surface area contributed by atoms with Crippen molar-refractivity contribution in [3.05, 3.63) is 11.9 Å². The van der Waals surface area contributed by atoms with Gasteiger partial charge in [-0.05, 0) is 0 Å². The number of halogens is 1. The summed E-state index contributed by atoms with van der Waals surface area (Å²) in [6.07, 6.45) is 1.91. The van der Waals surface area contributed by atoms with E-state index < -0.39 is 0 Å². The van der Waals surface area contributed by atoms with Crippen LogP contribution in [0.15, 0.2) is 6.20 Å². The minimum Gasteiger partial charge on any atom is -0.255 e. The van der Waals surface area contributed by atoms with E-state index in [1.165, 1.54) is 0 Å². The van der Waals surface area contributed by atoms with Gasteiger partial charge in [0.15, 0.2) is 0 Å². The van der Waals surface area contributed by atoms with E-state index in [0.717, 1.165) is 10.1 Å². The van der Waals surface area contributed by atoms with Crippen LogP contribution in [0.4, 0.5) is 0 Å². The molecule has 1 rings (SSSR count). The number of aromatic nitrogens is 3. The highest BCUT2D eigenvalue weighted by atomic mass is 127. The van der Waals surface area contributed by atoms with Gasteiger partial charge in [-0.3, -0.25) is 4.68 Å². The lowest BCUT2D eigenvalue weighted by molar-refractivity contribution is 0.714. The van der Waals surface area contributed by atoms with Crippen LogP contribution in [0, 0.1) is 0 Å². The quantitative estimate of drug-likeness (QED) is 0.519. The first-order chi connectivity index (χ1) is 3.83. The number of hydrogen-bond donors (Lipinski definition) is 0. The topological polar surface area (TPSA) is 30.7 Å². The Labute approximate surface area is 61.2 Å². The molecule has 0 amide bonds. The number of aryl methyl sites for hydroxylation is 1. The van der Waals surface area contributed by atoms with Crippen LogP contribution in [0.25, 0.3) is 0 Å². The Morgan fingerprint density at radius 3 is 2.88 bits per heavy atom. The summed E-state index contributed by atoms with van der Waals surface area (Å²) in [6, 6.07) is 0. The van der Waals surface area contributed by atoms with Crippen LogP contribution < -0.4 is 0 Å². The van der Waals surface area contributed by atoms with Crippen LogP contribution in [0.2, 0.25) is 0 Å². The summed E-state index contributed by atoms with van der Waals surface area (Å²) in [5.41, 5.74) is 1.04. The molecule has 0 spiro atoms. The molecule has 0 fully saturated rings. The summed E-state index contributed by atoms with van der Waals surface area (Å²) in [4.78, 5) is 0. The smallest absolute Gasteiger partial charge is 0.0924 e. The number of rotatable bonds is 1. The van der Waals surface area contributed by atoms with Crippen LogP contribution in [0.1, 0.15) is 5.69 Å². The van der Waals surface area contributed by atoms with Gasteiger partial charge in [-0.15, -0.1) is 5.10 Å². The van der Waals surface area contributed by atoms with E-state index in [1.807, 2.05) is 13.2 Å². The van der Waals surface area contributed by atoms with Crippen molar-refractivity contribution in [1.29, 1.82) is 0 Å². The highest BCUT2D eigenvalue weighted by molar-refractivity contribution is 14.1. The largest absolute Gasteiger partial charge is 0.255 e. The summed E-state index contributed by atoms with van der Waals surface area (Å²) in [7, 11) is 1.86. The van der Waals surface area contributed by atoms with Gasteiger partial charge in [-0.2, -0.15) is 0 Å². The summed E-state index contributed by atoms with van der Waals surface area (Å²) >= 11 is 2.25. The van der Waals surface area contributed by atoms with Gasteiger partial charge in [0.25, 0.3) is 0 Å². The Hall–Kier alpha value is -0.130. The van der Waals surface area contributed by atoms with Crippen LogP contribution in [-0.4, -0.2) is 15.0 Å². The zero-order valence-corrected chi connectivity index (χ0v) is 6.66. The minimum atomic E-state index is 0.936. The van der Waals surface area contributed by atoms with Crippen LogP contribution in [0.5, 0.6) is 0 Å². The Morgan fingerprint density at radius 2 is 2.62 bits per heavy atom. The predicted molar refractivity (Wildman–Crippen MR) is 38.7 cm³/mol. The van der Waals surface area contributed by atoms with Crippen LogP contribution in [0.3, 0.4) is 0 Å². The molecule has 0 saturated heterocycles. The Balaban J connectivity index is 2.84. The second-order valence-electron chi connectivity index (χ2n) is 1.52. The van der Waals surface area contributed by atoms with Gasteiger partial charge in [-0.1, -0.05) is 27.8 Å². The highest BCUT2D eigenvalue weighted by Gasteiger charge is 1.91. The van der Waals surface area contributed by atoms with Crippen molar-refractivity contribution in [2.45, 2.75) is 4.43 Å². The van der Waals surface area contributed by atoms with E-state index in [4.69, 9.17) is 0 Å². The molecule has 1 heterocycles. The third-order valence-corrected chi connectivity index (χ3v) is 1.57. The van der Waals surface area contributed by atoms with Crippen molar-refractivity contribution in [3.63, 3.8) is 0 Å². The first kappa shape index (κ1) is 6.00. The molecule has 1 aromatic heterocycles. The molecule has 0 aliphatic carbocycles. The lowest BCUT2D eigenvalue weighted by Crippen LogP contribution is -1.85. The van der Waals surface area contributed by atoms with Gasteiger partial charge < -0.3 is 0 Å². The summed E-state index contributed by atoms with van der Waals surface area (Å²) < 4.78 is 2.64. The molecule has 8 heavy (non-hydrogen) atoms. The molecule has 0 saturated carbocycles. The van der Waals surface area contributed by atoms with Gasteiger partial charge in [0.05, 0.1) is 5.69 Å². The monoisotopic (exact) mass is 223 g/mol. The molecule has 4 heteroatoms. The van der Waals surface area contributed by atoms with Crippen molar-refractivity contribution in [2.24, 2.45) is 7.05 Å². The minimum absolute atomic E-state index is 0.936. The Bertz CT molecular complexity index is 172. The Morgan fingerprint density at radius 1 is 1.88 bits per heavy atom. The zero-order chi connectivity index (χ0) is 5.98. The number of alkyl halides is 1. The molecule has 0 aliphatic heterocycles. The standard InChI is InChI=1S/C4H6IN3/c1-8-3-4(2-5)6-7-8/h3H,2H2,1H3. The lowest BCUT2D eigenvalue weighted by Gasteiger charge is -1.77. The normalized spacial score (nSPS) is 9.75. The molecular formula is C4H6IN3. The van der Waals surface area contributed by atoms with E-state index >= 15 is 0 Å². The molecular weight excluding hydrogens is 217 g/mol. The molecule has 3 nitrogen and oxygen atoms in total. The van der Waals surface area contributed by atoms with Gasteiger partial charge in [0.2, 0.25) is 0 Å². The molecule has 0 N–H and O–H groups in total. The van der Waals surface area contributed by atoms with E-state index in [0.29, 0.717) is 0 Å². The first-order valence-corrected chi connectivity index (χ1v) is 3.76. The lowest BCUT2D eigenvalue weighted by atomic mass is 10.6. The predicted octanol–water partition coefficient (Wildman–Crippen LogP) is 0.750. The molecule has 0 aromatic carbocycles. The number of hydrogen-bond acceptors (Lipinski definition) is 2. The molecule has 0 radical (unpaired) electrons. The van der Waals surface area contributed by atoms with Gasteiger partial charge in [0, 0.05) is 17.7 Å². The van der Waals surface area contributed by atoms with Crippen molar-refractivity contribution in [3.8, 4) is 0 Å². The van der Waals surface area contributed by atoms with Crippen molar-refractivity contribution < 1.29 is 0 Å². The average molecular weight is 223 g/mol. The Kier molecular flexibility index (Phi) is 1.82. The summed E-state index contributed by atoms with van der Waals surface area (Å²) in [5, 5.41) is 7.59. The second kappa shape index (κ2) is 2.43. The molecule has 0 unspecified atom stereocenters. The van der Waals surface area contributed by atoms with Crippen molar-refractivity contribution >= 4 is 22.6 Å². The maximum absolute atomic E-state index is 3.84. The van der Waals surface area contributed by atoms with Crippen molar-refractivity contribution in [2.75, 3.05) is 0 Å². The van der Waals surface area contributed by atoms with Gasteiger partial charge in [-0.25, -0.2) is 0 Å². The van der Waals surface area contributed by atoms with Crippen molar-refractivity contribution in [1.82, 2.24) is 15.0 Å². The summed E-state index contributed by atoms with van der Waals surface area (Å²) in [5.74, 6) is 0. The fraction of sp³-hybridized carbons (Fsp3) is 0.500. The van der Waals surface area contributed by atoms with Crippen LogP contribution in [-0.2, 0) is 11.5 Å². The van der Waals surface area contributed by atoms with E-state index in [9.17, 15) is 0 Å². The average Bonchev–Trinajstić information content (AvgIpc) is 2.14.